The summed E-state index contributed by atoms with van der Waals surface area (Å²) in [4.78, 5) is 23.3. The number of nitrogens with zero attached hydrogens (tertiary/aromatic N) is 2. The van der Waals surface area contributed by atoms with Crippen LogP contribution in [0, 0.1) is 0 Å². The Morgan fingerprint density at radius 1 is 0.818 bits per heavy atom. The fraction of sp³-hybridized carbons (Fsp3) is 0.280. The van der Waals surface area contributed by atoms with Crippen molar-refractivity contribution in [1.82, 2.24) is 9.80 Å². The van der Waals surface area contributed by atoms with Crippen LogP contribution in [0.25, 0.3) is 10.8 Å². The van der Waals surface area contributed by atoms with Gasteiger partial charge in [0.25, 0.3) is 0 Å². The third-order valence-corrected chi connectivity index (χ3v) is 5.81. The van der Waals surface area contributed by atoms with E-state index in [2.05, 4.69) is 58.3 Å². The third kappa shape index (κ3) is 6.92. The third-order valence-electron chi connectivity index (χ3n) is 5.56. The summed E-state index contributed by atoms with van der Waals surface area (Å²) in [6, 6.07) is 21.0. The van der Waals surface area contributed by atoms with Crippen LogP contribution in [0.1, 0.15) is 11.1 Å². The Bertz CT molecular complexity index is 1080. The molecule has 7 nitrogen and oxygen atoms in total. The first-order valence-electron chi connectivity index (χ1n) is 10.6. The van der Waals surface area contributed by atoms with E-state index in [1.54, 1.807) is 7.11 Å². The molecule has 0 aliphatic carbocycles. The van der Waals surface area contributed by atoms with Gasteiger partial charge in [0.15, 0.2) is 0 Å². The van der Waals surface area contributed by atoms with Crippen LogP contribution in [0.4, 0.5) is 0 Å². The number of hydrogen-bond donors (Lipinski definition) is 2. The standard InChI is InChI=1S/C23H25ClN2O.C2H2O4/c1-27-23-11-8-19(21-4-2-3-5-22(21)23)17-26-14-12-25(13-15-26)16-18-6-9-20(24)10-7-18;3-1(4)2(5)6/h2-11H,12-17H2,1H3;(H,3,4)(H,5,6). The van der Waals surface area contributed by atoms with Crippen LogP contribution in [0.2, 0.25) is 5.02 Å². The van der Waals surface area contributed by atoms with Gasteiger partial charge in [-0.25, -0.2) is 9.59 Å². The summed E-state index contributed by atoms with van der Waals surface area (Å²) in [6.07, 6.45) is 0. The quantitative estimate of drug-likeness (QED) is 0.545. The molecule has 0 unspecified atom stereocenters. The number of hydrogen-bond acceptors (Lipinski definition) is 5. The number of carbonyl (C=O) groups is 2. The SMILES string of the molecule is COc1ccc(CN2CCN(Cc3ccc(Cl)cc3)CC2)c2ccccc12.O=C(O)C(=O)O. The van der Waals surface area contributed by atoms with Crippen LogP contribution < -0.4 is 4.74 Å². The van der Waals surface area contributed by atoms with Gasteiger partial charge in [0.2, 0.25) is 0 Å². The number of piperazine rings is 1. The van der Waals surface area contributed by atoms with Gasteiger partial charge in [0.1, 0.15) is 5.75 Å². The van der Waals surface area contributed by atoms with Crippen molar-refractivity contribution >= 4 is 34.3 Å². The summed E-state index contributed by atoms with van der Waals surface area (Å²) in [5, 5.41) is 18.1. The molecule has 1 heterocycles. The summed E-state index contributed by atoms with van der Waals surface area (Å²) < 4.78 is 5.52. The highest BCUT2D eigenvalue weighted by atomic mass is 35.5. The number of carboxylic acids is 2. The first-order chi connectivity index (χ1) is 15.9. The van der Waals surface area contributed by atoms with E-state index in [0.717, 1.165) is 50.0 Å². The minimum absolute atomic E-state index is 0.801. The van der Waals surface area contributed by atoms with Crippen LogP contribution >= 0.6 is 11.6 Å². The zero-order chi connectivity index (χ0) is 23.8. The van der Waals surface area contributed by atoms with Gasteiger partial charge in [-0.3, -0.25) is 9.80 Å². The lowest BCUT2D eigenvalue weighted by atomic mass is 10.0. The average Bonchev–Trinajstić information content (AvgIpc) is 2.82. The summed E-state index contributed by atoms with van der Waals surface area (Å²) >= 11 is 5.98. The van der Waals surface area contributed by atoms with E-state index in [9.17, 15) is 0 Å². The van der Waals surface area contributed by atoms with E-state index < -0.39 is 11.9 Å². The predicted molar refractivity (Wildman–Crippen MR) is 128 cm³/mol. The molecule has 1 saturated heterocycles. The highest BCUT2D eigenvalue weighted by Crippen LogP contribution is 2.29. The maximum Gasteiger partial charge on any atom is 0.414 e. The molecule has 174 valence electrons. The number of halogens is 1. The highest BCUT2D eigenvalue weighted by Gasteiger charge is 2.18. The Hall–Kier alpha value is -3.13. The van der Waals surface area contributed by atoms with Crippen molar-refractivity contribution in [2.75, 3.05) is 33.3 Å². The molecular formula is C25H27ClN2O5. The van der Waals surface area contributed by atoms with E-state index >= 15 is 0 Å². The fourth-order valence-corrected chi connectivity index (χ4v) is 3.97. The number of fused-ring (bicyclic) bond motifs is 1. The van der Waals surface area contributed by atoms with E-state index in [-0.39, 0.29) is 0 Å². The molecule has 1 aliphatic rings. The molecule has 4 rings (SSSR count). The molecule has 0 aromatic heterocycles. The summed E-state index contributed by atoms with van der Waals surface area (Å²) in [5.41, 5.74) is 2.70. The molecule has 1 aliphatic heterocycles. The topological polar surface area (TPSA) is 90.3 Å². The number of benzene rings is 3. The Kier molecular flexibility index (Phi) is 8.65. The van der Waals surface area contributed by atoms with Crippen LogP contribution in [-0.4, -0.2) is 65.2 Å². The molecule has 0 bridgehead atoms. The molecule has 2 N–H and O–H groups in total. The van der Waals surface area contributed by atoms with Gasteiger partial charge >= 0.3 is 11.9 Å². The average molecular weight is 471 g/mol. The smallest absolute Gasteiger partial charge is 0.414 e. The van der Waals surface area contributed by atoms with Gasteiger partial charge < -0.3 is 14.9 Å². The van der Waals surface area contributed by atoms with Gasteiger partial charge in [-0.05, 0) is 34.7 Å². The van der Waals surface area contributed by atoms with Crippen molar-refractivity contribution in [3.8, 4) is 5.75 Å². The highest BCUT2D eigenvalue weighted by molar-refractivity contribution is 6.30. The second-order valence-electron chi connectivity index (χ2n) is 7.76. The molecule has 0 saturated carbocycles. The van der Waals surface area contributed by atoms with Crippen molar-refractivity contribution in [3.63, 3.8) is 0 Å². The van der Waals surface area contributed by atoms with Gasteiger partial charge in [0, 0.05) is 49.7 Å². The molecule has 1 fully saturated rings. The summed E-state index contributed by atoms with van der Waals surface area (Å²) in [6.45, 7) is 6.35. The molecular weight excluding hydrogens is 444 g/mol. The van der Waals surface area contributed by atoms with Crippen molar-refractivity contribution in [1.29, 1.82) is 0 Å². The van der Waals surface area contributed by atoms with Crippen LogP contribution in [-0.2, 0) is 22.7 Å². The van der Waals surface area contributed by atoms with E-state index in [4.69, 9.17) is 36.1 Å². The Balaban J connectivity index is 0.000000454. The molecule has 3 aromatic rings. The van der Waals surface area contributed by atoms with Gasteiger partial charge in [-0.1, -0.05) is 54.1 Å². The minimum atomic E-state index is -1.82. The van der Waals surface area contributed by atoms with Crippen molar-refractivity contribution < 1.29 is 24.5 Å². The number of aliphatic carboxylic acids is 2. The number of carboxylic acid groups (broad SMARTS) is 2. The molecule has 0 radical (unpaired) electrons. The Morgan fingerprint density at radius 2 is 1.36 bits per heavy atom. The maximum absolute atomic E-state index is 9.10. The normalized spacial score (nSPS) is 14.4. The number of methoxy groups -OCH3 is 1. The lowest BCUT2D eigenvalue weighted by Gasteiger charge is -2.35. The van der Waals surface area contributed by atoms with Crippen LogP contribution in [0.3, 0.4) is 0 Å². The first-order valence-corrected chi connectivity index (χ1v) is 10.9. The molecule has 0 spiro atoms. The second-order valence-corrected chi connectivity index (χ2v) is 8.20. The van der Waals surface area contributed by atoms with Crippen molar-refractivity contribution in [2.24, 2.45) is 0 Å². The second kappa shape index (κ2) is 11.7. The number of rotatable bonds is 5. The Labute approximate surface area is 197 Å². The predicted octanol–water partition coefficient (Wildman–Crippen LogP) is 3.98. The molecule has 0 atom stereocenters. The van der Waals surface area contributed by atoms with Crippen LogP contribution in [0.15, 0.2) is 60.7 Å². The molecule has 33 heavy (non-hydrogen) atoms. The Morgan fingerprint density at radius 3 is 1.91 bits per heavy atom. The van der Waals surface area contributed by atoms with Gasteiger partial charge in [0.05, 0.1) is 7.11 Å². The summed E-state index contributed by atoms with van der Waals surface area (Å²) in [5.74, 6) is -2.70. The van der Waals surface area contributed by atoms with E-state index in [0.29, 0.717) is 0 Å². The lowest BCUT2D eigenvalue weighted by molar-refractivity contribution is -0.159. The van der Waals surface area contributed by atoms with Crippen molar-refractivity contribution in [3.05, 3.63) is 76.8 Å². The molecule has 3 aromatic carbocycles. The van der Waals surface area contributed by atoms with Gasteiger partial charge in [-0.15, -0.1) is 0 Å². The zero-order valence-electron chi connectivity index (χ0n) is 18.4. The van der Waals surface area contributed by atoms with Crippen molar-refractivity contribution in [2.45, 2.75) is 13.1 Å². The first kappa shape index (κ1) is 24.5. The zero-order valence-corrected chi connectivity index (χ0v) is 19.2. The van der Waals surface area contributed by atoms with Gasteiger partial charge in [-0.2, -0.15) is 0 Å². The largest absolute Gasteiger partial charge is 0.496 e. The van der Waals surface area contributed by atoms with E-state index in [1.165, 1.54) is 21.9 Å². The van der Waals surface area contributed by atoms with E-state index in [1.807, 2.05) is 12.1 Å². The van der Waals surface area contributed by atoms with Crippen LogP contribution in [0.5, 0.6) is 5.75 Å². The maximum atomic E-state index is 9.10. The molecule has 8 heteroatoms. The lowest BCUT2D eigenvalue weighted by Crippen LogP contribution is -2.45. The molecule has 0 amide bonds. The minimum Gasteiger partial charge on any atom is -0.496 e. The number of ether oxygens (including phenoxy) is 1. The fourth-order valence-electron chi connectivity index (χ4n) is 3.84. The summed E-state index contributed by atoms with van der Waals surface area (Å²) in [7, 11) is 1.74. The monoisotopic (exact) mass is 470 g/mol.